The number of aliphatic hydroxyl groups excluding tert-OH is 1. The second-order valence-electron chi connectivity index (χ2n) is 21.6. The predicted octanol–water partition coefficient (Wildman–Crippen LogP) is 10.6. The van der Waals surface area contributed by atoms with Crippen molar-refractivity contribution in [1.29, 1.82) is 0 Å². The van der Waals surface area contributed by atoms with Gasteiger partial charge in [-0.25, -0.2) is 19.0 Å². The first-order valence-electron chi connectivity index (χ1n) is 24.8. The van der Waals surface area contributed by atoms with E-state index in [0.717, 1.165) is 62.8 Å². The van der Waals surface area contributed by atoms with E-state index in [-0.39, 0.29) is 114 Å². The number of halogens is 3. The summed E-state index contributed by atoms with van der Waals surface area (Å²) in [5.74, 6) is 0.0696. The Labute approximate surface area is 481 Å². The zero-order valence-corrected chi connectivity index (χ0v) is 52.4. The first-order chi connectivity index (χ1) is 33.1. The molecule has 0 radical (unpaired) electrons. The van der Waals surface area contributed by atoms with Gasteiger partial charge in [0, 0.05) is 64.2 Å². The maximum atomic E-state index is 13.8. The minimum Gasteiger partial charge on any atom is -0.447 e. The highest BCUT2D eigenvalue weighted by molar-refractivity contribution is 7.59. The Kier molecular flexibility index (Phi) is 34.6. The zero-order chi connectivity index (χ0) is 53.2. The lowest BCUT2D eigenvalue weighted by Crippen LogP contribution is -2.47. The normalized spacial score (nSPS) is 17.1. The maximum absolute atomic E-state index is 13.8. The Balaban J connectivity index is 0. The minimum atomic E-state index is -1.65. The zero-order valence-electron chi connectivity index (χ0n) is 45.9. The van der Waals surface area contributed by atoms with Gasteiger partial charge in [-0.2, -0.15) is 51.6 Å². The standard InChI is InChI=1S/C29H36ClFN6O3.C11H23NO2Si.C6H15ClSi.C5H9NO2.CH4.3H2S/c1-35-13-15-37(16-14-35)12-6-10-24(36(2)28(38)33-19-23-9-5-11-25(31)27(23)30)20-40-29(39)34-26-17-21-7-3-4-8-22(21)18-32-26;1-11(2,3)15(4,5)14-8-9-6-7-10(13)12-9;1-6(2,3)8(4,5)7;7-3-4-1-2-5(8)6-4;;;;/h3-5,7-9,11,17-18,24H,6,10,12-16,19-20H2,1-2H3,(H,33,38)(H,32,34,39);9H,6-8H2,1-5H3,(H,12,13);1-5H3;4,7H,1-3H2,(H,6,8);1H4;3*1H2/t24-;9-;;4-;;;;/m00.0..../s1. The van der Waals surface area contributed by atoms with E-state index in [1.54, 1.807) is 31.4 Å². The first-order valence-corrected chi connectivity index (χ1v) is 32.1. The number of piperazine rings is 1. The summed E-state index contributed by atoms with van der Waals surface area (Å²) in [6.45, 7) is 27.9. The third-order valence-corrected chi connectivity index (χ3v) is 24.0. The molecule has 6 rings (SSSR count). The number of anilines is 1. The molecule has 75 heavy (non-hydrogen) atoms. The summed E-state index contributed by atoms with van der Waals surface area (Å²) < 4.78 is 25.4. The smallest absolute Gasteiger partial charge is 0.412 e. The number of aliphatic hydroxyl groups is 1. The van der Waals surface area contributed by atoms with Gasteiger partial charge in [-0.15, -0.1) is 0 Å². The molecule has 2 aromatic carbocycles. The number of aromatic nitrogens is 1. The fourth-order valence-electron chi connectivity index (χ4n) is 6.76. The van der Waals surface area contributed by atoms with Gasteiger partial charge in [-0.1, -0.05) is 110 Å². The van der Waals surface area contributed by atoms with Crippen LogP contribution in [0.25, 0.3) is 10.8 Å². The molecule has 0 bridgehead atoms. The number of nitrogens with one attached hydrogen (secondary N) is 4. The van der Waals surface area contributed by atoms with Gasteiger partial charge in [0.15, 0.2) is 15.7 Å². The van der Waals surface area contributed by atoms with Crippen LogP contribution in [0.15, 0.2) is 54.7 Å². The van der Waals surface area contributed by atoms with Crippen LogP contribution in [-0.2, 0) is 25.3 Å². The number of hydrogen-bond donors (Lipinski definition) is 5. The number of carbonyl (C=O) groups excluding carboxylic acids is 4. The lowest BCUT2D eigenvalue weighted by atomic mass is 10.1. The van der Waals surface area contributed by atoms with E-state index in [9.17, 15) is 23.6 Å². The molecule has 15 nitrogen and oxygen atoms in total. The summed E-state index contributed by atoms with van der Waals surface area (Å²) in [7, 11) is 0.748. The highest BCUT2D eigenvalue weighted by Gasteiger charge is 2.38. The largest absolute Gasteiger partial charge is 0.447 e. The predicted molar refractivity (Wildman–Crippen MR) is 329 cm³/mol. The van der Waals surface area contributed by atoms with Gasteiger partial charge in [-0.05, 0) is 85.5 Å². The fraction of sp³-hybridized carbons (Fsp3) is 0.635. The molecule has 3 fully saturated rings. The molecule has 0 saturated carbocycles. The van der Waals surface area contributed by atoms with E-state index in [2.05, 4.69) is 111 Å². The van der Waals surface area contributed by atoms with Crippen LogP contribution in [0.3, 0.4) is 0 Å². The number of pyridine rings is 1. The van der Waals surface area contributed by atoms with Crippen molar-refractivity contribution in [2.75, 3.05) is 72.0 Å². The molecule has 0 unspecified atom stereocenters. The lowest BCUT2D eigenvalue weighted by Gasteiger charge is -2.36. The molecule has 5 amide bonds. The van der Waals surface area contributed by atoms with Crippen LogP contribution in [-0.4, -0.2) is 149 Å². The average molecular weight is 1180 g/mol. The molecule has 430 valence electrons. The van der Waals surface area contributed by atoms with Gasteiger partial charge in [0.1, 0.15) is 18.2 Å². The Hall–Kier alpha value is -2.84. The molecule has 5 N–H and O–H groups in total. The summed E-state index contributed by atoms with van der Waals surface area (Å²) in [6, 6.07) is 13.5. The van der Waals surface area contributed by atoms with Crippen molar-refractivity contribution < 1.29 is 37.8 Å². The summed E-state index contributed by atoms with van der Waals surface area (Å²) in [5.41, 5.74) is 0.480. The van der Waals surface area contributed by atoms with Crippen LogP contribution >= 0.6 is 63.2 Å². The quantitative estimate of drug-likeness (QED) is 0.0771. The van der Waals surface area contributed by atoms with Gasteiger partial charge in [0.2, 0.25) is 11.8 Å². The molecule has 3 atom stereocenters. The Morgan fingerprint density at radius 2 is 1.47 bits per heavy atom. The van der Waals surface area contributed by atoms with E-state index in [1.165, 1.54) is 11.0 Å². The highest BCUT2D eigenvalue weighted by Crippen LogP contribution is 2.38. The Morgan fingerprint density at radius 1 is 0.907 bits per heavy atom. The van der Waals surface area contributed by atoms with Crippen molar-refractivity contribution in [3.8, 4) is 0 Å². The van der Waals surface area contributed by atoms with E-state index in [0.29, 0.717) is 42.3 Å². The molecule has 3 saturated heterocycles. The molecule has 23 heteroatoms. The van der Waals surface area contributed by atoms with Crippen LogP contribution in [0.5, 0.6) is 0 Å². The summed E-state index contributed by atoms with van der Waals surface area (Å²) in [4.78, 5) is 57.6. The monoisotopic (exact) mass is 1180 g/mol. The van der Waals surface area contributed by atoms with Crippen molar-refractivity contribution >= 4 is 119 Å². The molecule has 0 aliphatic carbocycles. The van der Waals surface area contributed by atoms with Crippen LogP contribution < -0.4 is 21.3 Å². The van der Waals surface area contributed by atoms with Gasteiger partial charge in [0.05, 0.1) is 36.4 Å². The van der Waals surface area contributed by atoms with Gasteiger partial charge >= 0.3 is 12.1 Å². The highest BCUT2D eigenvalue weighted by atomic mass is 35.6. The maximum Gasteiger partial charge on any atom is 0.412 e. The van der Waals surface area contributed by atoms with Crippen LogP contribution in [0.2, 0.25) is 41.3 Å². The molecule has 4 heterocycles. The molecular formula is C52H93Cl2FN8O7S3Si2. The van der Waals surface area contributed by atoms with E-state index >= 15 is 0 Å². The number of hydrogen-bond acceptors (Lipinski definition) is 10. The van der Waals surface area contributed by atoms with E-state index < -0.39 is 27.6 Å². The van der Waals surface area contributed by atoms with Gasteiger partial charge in [-0.3, -0.25) is 14.9 Å². The van der Waals surface area contributed by atoms with Crippen molar-refractivity contribution in [2.45, 2.75) is 148 Å². The summed E-state index contributed by atoms with van der Waals surface area (Å²) in [5, 5.41) is 22.0. The number of likely N-dealkylation sites (N-methyl/N-ethyl adjacent to an activating group) is 2. The molecule has 3 aliphatic rings. The van der Waals surface area contributed by atoms with Gasteiger partial charge in [0.25, 0.3) is 0 Å². The molecule has 0 spiro atoms. The van der Waals surface area contributed by atoms with Crippen molar-refractivity contribution in [3.05, 3.63) is 71.1 Å². The number of urea groups is 1. The van der Waals surface area contributed by atoms with Crippen LogP contribution in [0.4, 0.5) is 19.8 Å². The molecule has 3 aromatic rings. The third-order valence-electron chi connectivity index (χ3n) is 13.8. The number of rotatable bonds is 14. The second kappa shape index (κ2) is 34.9. The SMILES string of the molecule is C.CC(C)(C)[Si](C)(C)Cl.CC(C)(C)[Si](C)(C)OC[C@@H]1CCC(=O)N1.CN1CCN(CCC[C@@H](COC(=O)Nc2cc3ccccc3cn2)N(C)C(=O)NCc2cccc(F)c2Cl)CC1.O=C1CC[C@@H](CO)N1.S.S.S. The molecule has 1 aromatic heterocycles. The van der Waals surface area contributed by atoms with Crippen LogP contribution in [0.1, 0.15) is 93.1 Å². The van der Waals surface area contributed by atoms with E-state index in [4.69, 9.17) is 36.9 Å². The number of benzene rings is 2. The number of amides is 5. The second-order valence-corrected chi connectivity index (χ2v) is 34.1. The number of carbonyl (C=O) groups is 4. The summed E-state index contributed by atoms with van der Waals surface area (Å²) >= 11 is 12.2. The molecular weight excluding hydrogens is 1090 g/mol. The van der Waals surface area contributed by atoms with Crippen molar-refractivity contribution in [3.63, 3.8) is 0 Å². The number of fused-ring (bicyclic) bond motifs is 1. The summed E-state index contributed by atoms with van der Waals surface area (Å²) in [6.07, 6.45) is 5.46. The minimum absolute atomic E-state index is 0. The number of ether oxygens (including phenoxy) is 1. The van der Waals surface area contributed by atoms with Crippen molar-refractivity contribution in [1.82, 2.24) is 35.6 Å². The third kappa shape index (κ3) is 26.6. The lowest BCUT2D eigenvalue weighted by molar-refractivity contribution is -0.120. The molecule has 3 aliphatic heterocycles. The Morgan fingerprint density at radius 3 is 1.97 bits per heavy atom. The Bertz CT molecular complexity index is 2170. The van der Waals surface area contributed by atoms with E-state index in [1.807, 2.05) is 24.3 Å². The first kappa shape index (κ1) is 74.2. The average Bonchev–Trinajstić information content (AvgIpc) is 3.94. The fourth-order valence-corrected chi connectivity index (χ4v) is 8.01. The number of nitrogens with zero attached hydrogens (tertiary/aromatic N) is 4. The topological polar surface area (TPSA) is 178 Å². The van der Waals surface area contributed by atoms with Crippen LogP contribution in [0, 0.1) is 5.82 Å². The van der Waals surface area contributed by atoms with Gasteiger partial charge < -0.3 is 44.9 Å². The van der Waals surface area contributed by atoms with Crippen molar-refractivity contribution in [2.24, 2.45) is 0 Å².